The highest BCUT2D eigenvalue weighted by Crippen LogP contribution is 2.34. The van der Waals surface area contributed by atoms with Crippen LogP contribution in [0.3, 0.4) is 0 Å². The third-order valence-electron chi connectivity index (χ3n) is 15.7. The quantitative estimate of drug-likeness (QED) is 0.00845. The molecule has 5 aromatic carbocycles. The number of anilines is 3. The summed E-state index contributed by atoms with van der Waals surface area (Å²) in [5.41, 5.74) is 18.7. The summed E-state index contributed by atoms with van der Waals surface area (Å²) in [4.78, 5) is 123. The topological polar surface area (TPSA) is 342 Å². The molecule has 512 valence electrons. The van der Waals surface area contributed by atoms with Gasteiger partial charge < -0.3 is 55.5 Å². The van der Waals surface area contributed by atoms with E-state index < -0.39 is 35.5 Å². The predicted molar refractivity (Wildman–Crippen MR) is 370 cm³/mol. The second kappa shape index (κ2) is 37.3. The summed E-state index contributed by atoms with van der Waals surface area (Å²) in [7, 11) is 0. The van der Waals surface area contributed by atoms with Gasteiger partial charge in [0.15, 0.2) is 5.78 Å². The monoisotopic (exact) mass is 1330 g/mol. The van der Waals surface area contributed by atoms with Crippen molar-refractivity contribution in [3.8, 4) is 0 Å². The molecule has 3 heterocycles. The van der Waals surface area contributed by atoms with Crippen molar-refractivity contribution in [2.75, 3.05) is 95.0 Å². The lowest BCUT2D eigenvalue weighted by atomic mass is 9.92. The largest absolute Gasteiger partial charge is 0.384 e. The van der Waals surface area contributed by atoms with Crippen LogP contribution in [0.15, 0.2) is 115 Å². The second-order valence-corrected chi connectivity index (χ2v) is 23.2. The molecule has 0 saturated heterocycles. The number of hydrogen-bond acceptors (Lipinski definition) is 17. The summed E-state index contributed by atoms with van der Waals surface area (Å²) in [5.74, 6) is -2.40. The van der Waals surface area contributed by atoms with E-state index in [0.717, 1.165) is 70.4 Å². The molecule has 9 rings (SSSR count). The lowest BCUT2D eigenvalue weighted by Gasteiger charge is -2.27. The van der Waals surface area contributed by atoms with Crippen LogP contribution in [0.25, 0.3) is 34.2 Å². The predicted octanol–water partition coefficient (Wildman–Crippen LogP) is 8.05. The van der Waals surface area contributed by atoms with Gasteiger partial charge in [-0.1, -0.05) is 55.8 Å². The van der Waals surface area contributed by atoms with Crippen LogP contribution >= 0.6 is 0 Å². The Bertz CT molecular complexity index is 4010. The number of nitrogens with one attached hydrogen (secondary N) is 5. The molecule has 1 unspecified atom stereocenters. The van der Waals surface area contributed by atoms with Gasteiger partial charge in [0.1, 0.15) is 5.78 Å². The fourth-order valence-electron chi connectivity index (χ4n) is 10.9. The Morgan fingerprint density at radius 1 is 0.588 bits per heavy atom. The lowest BCUT2D eigenvalue weighted by Crippen LogP contribution is -2.47. The van der Waals surface area contributed by atoms with E-state index in [1.807, 2.05) is 77.6 Å². The van der Waals surface area contributed by atoms with Crippen molar-refractivity contribution in [1.29, 1.82) is 0 Å². The molecule has 7 amide bonds. The number of ketones is 2. The minimum atomic E-state index is -0.911. The van der Waals surface area contributed by atoms with Gasteiger partial charge in [0.05, 0.1) is 72.1 Å². The fourth-order valence-corrected chi connectivity index (χ4v) is 10.9. The molecule has 25 nitrogen and oxygen atoms in total. The summed E-state index contributed by atoms with van der Waals surface area (Å²) in [6.45, 7) is 13.4. The van der Waals surface area contributed by atoms with Crippen LogP contribution in [0.4, 0.5) is 17.6 Å². The maximum absolute atomic E-state index is 13.3. The van der Waals surface area contributed by atoms with Crippen molar-refractivity contribution in [2.45, 2.75) is 97.7 Å². The van der Waals surface area contributed by atoms with Crippen LogP contribution in [-0.2, 0) is 51.2 Å². The van der Waals surface area contributed by atoms with Crippen LogP contribution in [0.2, 0.25) is 0 Å². The number of carbonyl (C=O) groups is 9. The number of nitrogens with two attached hydrogens (primary N) is 2. The molecule has 7 aromatic rings. The summed E-state index contributed by atoms with van der Waals surface area (Å²) in [6, 6.07) is 29.1. The molecule has 0 spiro atoms. The van der Waals surface area contributed by atoms with E-state index in [1.54, 1.807) is 54.6 Å². The second-order valence-electron chi connectivity index (χ2n) is 23.2. The number of amides is 7. The number of hydrogen-bond donors (Lipinski definition) is 7. The number of benzene rings is 5. The third kappa shape index (κ3) is 21.0. The number of Topliss-reactive ketones (excluding diaryl/α,β-unsaturated/α-hetero) is 2. The first kappa shape index (κ1) is 72.8. The van der Waals surface area contributed by atoms with E-state index in [0.29, 0.717) is 127 Å². The van der Waals surface area contributed by atoms with Gasteiger partial charge in [0.2, 0.25) is 29.6 Å². The number of primary amides is 1. The van der Waals surface area contributed by atoms with Gasteiger partial charge in [-0.05, 0) is 148 Å². The Morgan fingerprint density at radius 3 is 1.61 bits per heavy atom. The maximum Gasteiger partial charge on any atom is 0.264 e. The Kier molecular flexibility index (Phi) is 28.0. The van der Waals surface area contributed by atoms with Crippen molar-refractivity contribution in [2.24, 2.45) is 11.5 Å². The molecule has 1 aliphatic carbocycles. The number of carbonyl (C=O) groups excluding carboxylic acids is 9. The molecule has 0 bridgehead atoms. The number of ether oxygens (including phenoxy) is 4. The van der Waals surface area contributed by atoms with Gasteiger partial charge in [0.25, 0.3) is 23.6 Å². The highest BCUT2D eigenvalue weighted by Gasteiger charge is 2.45. The van der Waals surface area contributed by atoms with Crippen LogP contribution in [0.1, 0.15) is 140 Å². The Balaban J connectivity index is 0.000000273. The number of imidazole rings is 2. The van der Waals surface area contributed by atoms with E-state index in [9.17, 15) is 43.2 Å². The van der Waals surface area contributed by atoms with E-state index in [-0.39, 0.29) is 65.0 Å². The van der Waals surface area contributed by atoms with Crippen molar-refractivity contribution >= 4 is 105 Å². The average Bonchev–Trinajstić information content (AvgIpc) is 1.59. The van der Waals surface area contributed by atoms with Gasteiger partial charge in [0, 0.05) is 100 Å². The molecule has 97 heavy (non-hydrogen) atoms. The average molecular weight is 1330 g/mol. The molecule has 0 radical (unpaired) electrons. The van der Waals surface area contributed by atoms with Gasteiger partial charge >= 0.3 is 0 Å². The number of aryl methyl sites for hydroxylation is 3. The molecule has 2 aromatic heterocycles. The summed E-state index contributed by atoms with van der Waals surface area (Å²) >= 11 is 0. The number of aromatic nitrogens is 4. The molecule has 25 heteroatoms. The molecule has 9 N–H and O–H groups in total. The minimum absolute atomic E-state index is 0.156. The SMILES string of the molecule is CCCn1c(NC(=O)c2cccc(C(N)=O)c2)nc2cc(/C=C/C(=O)NCCCOCCOCCCNc3cccc4c3C(=O)N(C3CCC(=O)CC3=O)C4=O)ccc21.CCCn1c(NC(=O)c2cccc(C)c2)nc2cc(/C=C/C(=O)NCCCOCCOCCCN)ccc21. The van der Waals surface area contributed by atoms with E-state index >= 15 is 0 Å². The molecule has 1 atom stereocenters. The van der Waals surface area contributed by atoms with Crippen LogP contribution in [-0.4, -0.2) is 162 Å². The van der Waals surface area contributed by atoms with Gasteiger partial charge in [-0.3, -0.25) is 58.7 Å². The van der Waals surface area contributed by atoms with Crippen molar-refractivity contribution in [3.05, 3.63) is 160 Å². The van der Waals surface area contributed by atoms with Crippen LogP contribution in [0, 0.1) is 6.92 Å². The molecular formula is C72H86N12O13. The molecule has 1 saturated carbocycles. The number of rotatable bonds is 36. The third-order valence-corrected chi connectivity index (χ3v) is 15.7. The first-order valence-electron chi connectivity index (χ1n) is 32.9. The zero-order valence-corrected chi connectivity index (χ0v) is 55.2. The molecular weight excluding hydrogens is 1240 g/mol. The lowest BCUT2D eigenvalue weighted by molar-refractivity contribution is -0.132. The van der Waals surface area contributed by atoms with E-state index in [1.165, 1.54) is 18.2 Å². The minimum Gasteiger partial charge on any atom is -0.384 e. The van der Waals surface area contributed by atoms with Gasteiger partial charge in [-0.2, -0.15) is 0 Å². The first-order valence-corrected chi connectivity index (χ1v) is 32.9. The zero-order valence-electron chi connectivity index (χ0n) is 55.2. The molecule has 2 aliphatic rings. The molecule has 1 fully saturated rings. The smallest absolute Gasteiger partial charge is 0.264 e. The summed E-state index contributed by atoms with van der Waals surface area (Å²) in [5, 5.41) is 14.7. The Labute approximate surface area is 563 Å². The van der Waals surface area contributed by atoms with Crippen LogP contribution < -0.4 is 38.1 Å². The Morgan fingerprint density at radius 2 is 1.09 bits per heavy atom. The highest BCUT2D eigenvalue weighted by molar-refractivity contribution is 6.26. The zero-order chi connectivity index (χ0) is 69.1. The standard InChI is InChI=1S/C43H47N7O9.C29H39N5O4/c1-2-19-49-34-14-11-27(24-33(34)47-43(49)48-40(55)29-8-3-7-28(25-29)39(44)54)12-16-37(53)46-18-6-21-59-23-22-58-20-5-17-45-32-10-4-9-31-38(32)42(57)50(41(31)56)35-15-13-30(51)26-36(35)52;1-3-15-34-26-11-9-23(10-12-27(35)31-14-6-17-38-19-18-37-16-5-13-30)21-25(26)32-29(34)33-28(36)24-8-4-7-22(2)20-24/h3-4,7-12,14,16,24-25,35,45H,2,5-6,13,15,17-23,26H2,1H3,(H2,44,54)(H,46,53)(H,47,48,55);4,7-12,20-21H,3,5-6,13-19,30H2,1-2H3,(H,31,35)(H,32,33,36)/b16-12+;12-10+. The summed E-state index contributed by atoms with van der Waals surface area (Å²) < 4.78 is 26.1. The van der Waals surface area contributed by atoms with Crippen molar-refractivity contribution in [3.63, 3.8) is 0 Å². The Hall–Kier alpha value is -10.1. The van der Waals surface area contributed by atoms with Crippen molar-refractivity contribution < 1.29 is 62.1 Å². The van der Waals surface area contributed by atoms with E-state index in [2.05, 4.69) is 43.5 Å². The maximum atomic E-state index is 13.3. The van der Waals surface area contributed by atoms with Crippen molar-refractivity contribution in [1.82, 2.24) is 34.6 Å². The van der Waals surface area contributed by atoms with Crippen LogP contribution in [0.5, 0.6) is 0 Å². The number of imide groups is 1. The fraction of sp³-hybridized carbons (Fsp3) is 0.375. The molecule has 1 aliphatic heterocycles. The number of nitrogens with zero attached hydrogens (tertiary/aromatic N) is 5. The normalized spacial score (nSPS) is 13.7. The summed E-state index contributed by atoms with van der Waals surface area (Å²) in [6.07, 6.45) is 11.0. The van der Waals surface area contributed by atoms with E-state index in [4.69, 9.17) is 30.4 Å². The van der Waals surface area contributed by atoms with Gasteiger partial charge in [-0.25, -0.2) is 9.97 Å². The highest BCUT2D eigenvalue weighted by atomic mass is 16.5. The van der Waals surface area contributed by atoms with Gasteiger partial charge in [-0.15, -0.1) is 0 Å². The first-order chi connectivity index (χ1) is 47.1. The number of fused-ring (bicyclic) bond motifs is 3.